The number of aromatic nitrogens is 10. The van der Waals surface area contributed by atoms with Crippen LogP contribution >= 0.6 is 23.5 Å². The largest absolute Gasteiger partial charge is 0.394 e. The minimum absolute atomic E-state index is 0.0376. The highest BCUT2D eigenvalue weighted by Crippen LogP contribution is 2.48. The van der Waals surface area contributed by atoms with Crippen LogP contribution in [-0.4, -0.2) is 163 Å². The molecular formula is C49H60F4N12O8S2. The molecule has 26 heteroatoms. The first-order chi connectivity index (χ1) is 39.0. The van der Waals surface area contributed by atoms with E-state index in [0.717, 1.165) is 30.7 Å². The second kappa shape index (κ2) is 22.6. The van der Waals surface area contributed by atoms with Crippen molar-refractivity contribution in [2.75, 3.05) is 48.4 Å². The van der Waals surface area contributed by atoms with E-state index < -0.39 is 104 Å². The van der Waals surface area contributed by atoms with Crippen LogP contribution in [0.15, 0.2) is 46.7 Å². The molecule has 0 amide bonds. The molecule has 0 unspecified atom stereocenters. The fourth-order valence-electron chi connectivity index (χ4n) is 9.86. The van der Waals surface area contributed by atoms with Crippen LogP contribution in [-0.2, 0) is 18.9 Å². The third kappa shape index (κ3) is 11.4. The van der Waals surface area contributed by atoms with E-state index in [1.807, 2.05) is 13.8 Å². The lowest BCUT2D eigenvalue weighted by Gasteiger charge is -2.23. The van der Waals surface area contributed by atoms with Crippen molar-refractivity contribution >= 4 is 57.5 Å². The molecule has 6 aromatic rings. The third-order valence-electron chi connectivity index (χ3n) is 13.6. The van der Waals surface area contributed by atoms with Crippen molar-refractivity contribution in [1.29, 1.82) is 0 Å². The standard InChI is InChI=1S/C26H32F2N6O4S.C23H28F2N6O4S/c1-4-9-39-25-30-23(29-17-11-14(17)13-5-6-15(27)16(28)10-13)20-24(31-25)34(33-32-20)18-12-19(36-8-7-35)22-21(18)37-26(2,3)38-22;1-2-7-36-23-27-21(26-15-9-12(15)11-3-4-13(24)14(25)8-11)18-22(28-23)31(30-29-18)16-10-17(35-6-5-32)20(34)19(16)33/h5-6,10,14,17-19,21-22,35H,4,7-9,11-12H2,1-3H3,(H,29,30,31);3-4,8,12,15-17,19-20,32-34H,2,5-7,9-10H2,1H3,(H,26,27,28)/t14-,17+,18+,19-,21-,22+;12-,15+,16+,17-,19-,20+/m00/s1/i7D2,8D2;5D2,6D2. The molecule has 20 nitrogen and oxygen atoms in total. The van der Waals surface area contributed by atoms with Gasteiger partial charge in [-0.05, 0) is 74.9 Å². The van der Waals surface area contributed by atoms with Gasteiger partial charge in [-0.2, -0.15) is 0 Å². The molecule has 5 heterocycles. The smallest absolute Gasteiger partial charge is 0.191 e. The van der Waals surface area contributed by atoms with E-state index in [1.54, 1.807) is 24.6 Å². The number of anilines is 2. The molecule has 1 saturated heterocycles. The van der Waals surface area contributed by atoms with E-state index in [0.29, 0.717) is 62.8 Å². The SMILES string of the molecule is [2H]C([2H])(O)C([2H])([2H])O[C@H]1C[C@@H](n2nnc3c(N[C@@H]4C[C@H]4c4ccc(F)c(F)c4)nc(SCCC)nc32)[C@@H]2OC(C)(C)O[C@@H]21.[2H]C([2H])(O)C([2H])([2H])O[C@H]1C[C@@H](n2nnc3c(N[C@@H]4C[C@H]4c4ccc(F)c(F)c4)nc(SCCC)nc32)[C@H](O)[C@@H]1O. The molecule has 0 spiro atoms. The molecular weight excluding hydrogens is 1020 g/mol. The Morgan fingerprint density at radius 3 is 1.64 bits per heavy atom. The van der Waals surface area contributed by atoms with E-state index in [1.165, 1.54) is 46.4 Å². The number of benzene rings is 2. The Balaban J connectivity index is 0.000000186. The summed E-state index contributed by atoms with van der Waals surface area (Å²) in [6.45, 7) is -5.33. The van der Waals surface area contributed by atoms with Crippen LogP contribution in [0.25, 0.3) is 22.3 Å². The zero-order valence-electron chi connectivity index (χ0n) is 48.8. The van der Waals surface area contributed by atoms with Gasteiger partial charge in [0.2, 0.25) is 0 Å². The Kier molecular flexibility index (Phi) is 13.3. The van der Waals surface area contributed by atoms with Crippen LogP contribution < -0.4 is 10.6 Å². The molecule has 75 heavy (non-hydrogen) atoms. The summed E-state index contributed by atoms with van der Waals surface area (Å²) < 4.78 is 141. The number of thioether (sulfide) groups is 2. The predicted molar refractivity (Wildman–Crippen MR) is 267 cm³/mol. The molecule has 4 aliphatic carbocycles. The summed E-state index contributed by atoms with van der Waals surface area (Å²) in [5.41, 5.74) is 2.62. The fourth-order valence-corrected chi connectivity index (χ4v) is 11.2. The number of ether oxygens (including phenoxy) is 4. The summed E-state index contributed by atoms with van der Waals surface area (Å²) in [7, 11) is 0. The molecule has 404 valence electrons. The number of hydrogen-bond donors (Lipinski definition) is 6. The Hall–Kier alpha value is -4.90. The van der Waals surface area contributed by atoms with Crippen LogP contribution in [0.4, 0.5) is 29.2 Å². The summed E-state index contributed by atoms with van der Waals surface area (Å²) in [6.07, 6.45) is -3.89. The van der Waals surface area contributed by atoms with Crippen molar-refractivity contribution in [2.24, 2.45) is 0 Å². The monoisotopic (exact) mass is 1090 g/mol. The zero-order valence-corrected chi connectivity index (χ0v) is 42.4. The first-order valence-corrected chi connectivity index (χ1v) is 26.4. The van der Waals surface area contributed by atoms with Gasteiger partial charge in [-0.15, -0.1) is 10.2 Å². The highest BCUT2D eigenvalue weighted by Gasteiger charge is 2.56. The van der Waals surface area contributed by atoms with E-state index in [4.69, 9.17) is 34.9 Å². The quantitative estimate of drug-likeness (QED) is 0.0299. The van der Waals surface area contributed by atoms with Crippen LogP contribution in [0.3, 0.4) is 0 Å². The van der Waals surface area contributed by atoms with Crippen LogP contribution in [0.2, 0.25) is 0 Å². The molecule has 11 rings (SSSR count). The third-order valence-corrected chi connectivity index (χ3v) is 15.7. The second-order valence-electron chi connectivity index (χ2n) is 19.2. The van der Waals surface area contributed by atoms with Crippen molar-refractivity contribution in [1.82, 2.24) is 49.9 Å². The number of halogens is 4. The average molecular weight is 1090 g/mol. The number of hydrogen-bond acceptors (Lipinski definition) is 20. The van der Waals surface area contributed by atoms with E-state index >= 15 is 0 Å². The van der Waals surface area contributed by atoms with Gasteiger partial charge in [0.1, 0.15) is 24.4 Å². The minimum Gasteiger partial charge on any atom is -0.394 e. The van der Waals surface area contributed by atoms with Crippen molar-refractivity contribution in [3.63, 3.8) is 0 Å². The van der Waals surface area contributed by atoms with Gasteiger partial charge < -0.3 is 50.0 Å². The molecule has 12 atom stereocenters. The minimum atomic E-state index is -3.35. The van der Waals surface area contributed by atoms with Crippen molar-refractivity contribution in [2.45, 2.75) is 155 Å². The summed E-state index contributed by atoms with van der Waals surface area (Å²) in [4.78, 5) is 18.6. The normalized spacial score (nSPS) is 30.8. The highest BCUT2D eigenvalue weighted by molar-refractivity contribution is 7.99. The molecule has 4 aromatic heterocycles. The van der Waals surface area contributed by atoms with Gasteiger partial charge in [-0.3, -0.25) is 0 Å². The number of nitrogens with one attached hydrogen (secondary N) is 2. The fraction of sp³-hybridized carbons (Fsp3) is 0.592. The van der Waals surface area contributed by atoms with Crippen LogP contribution in [0.1, 0.15) is 112 Å². The van der Waals surface area contributed by atoms with Gasteiger partial charge in [0, 0.05) is 48.3 Å². The lowest BCUT2D eigenvalue weighted by molar-refractivity contribution is -0.171. The zero-order chi connectivity index (χ0) is 59.9. The molecule has 4 saturated carbocycles. The van der Waals surface area contributed by atoms with E-state index in [-0.39, 0.29) is 47.9 Å². The Labute approximate surface area is 448 Å². The summed E-state index contributed by atoms with van der Waals surface area (Å²) >= 11 is 2.85. The molecule has 5 aliphatic rings. The predicted octanol–water partition coefficient (Wildman–Crippen LogP) is 5.83. The molecule has 1 aliphatic heterocycles. The molecule has 5 fully saturated rings. The first-order valence-electron chi connectivity index (χ1n) is 28.4. The molecule has 6 N–H and O–H groups in total. The lowest BCUT2D eigenvalue weighted by atomic mass is 10.1. The average Bonchev–Trinajstić information content (AvgIpc) is 3.94. The van der Waals surface area contributed by atoms with Crippen molar-refractivity contribution in [3.05, 3.63) is 70.8 Å². The number of aliphatic hydroxyl groups is 4. The van der Waals surface area contributed by atoms with Gasteiger partial charge >= 0.3 is 0 Å². The van der Waals surface area contributed by atoms with Crippen LogP contribution in [0.5, 0.6) is 0 Å². The number of rotatable bonds is 20. The van der Waals surface area contributed by atoms with Crippen LogP contribution in [0, 0.1) is 23.3 Å². The second-order valence-corrected chi connectivity index (χ2v) is 21.4. The summed E-state index contributed by atoms with van der Waals surface area (Å²) in [6, 6.07) is 5.94. The lowest BCUT2D eigenvalue weighted by Crippen LogP contribution is -2.33. The van der Waals surface area contributed by atoms with Gasteiger partial charge in [0.25, 0.3) is 0 Å². The first kappa shape index (κ1) is 44.1. The maximum Gasteiger partial charge on any atom is 0.191 e. The number of aliphatic hydroxyl groups excluding tert-OH is 2. The van der Waals surface area contributed by atoms with Crippen molar-refractivity contribution < 1.29 is 67.9 Å². The maximum absolute atomic E-state index is 13.8. The number of fused-ring (bicyclic) bond motifs is 3. The van der Waals surface area contributed by atoms with E-state index in [9.17, 15) is 38.0 Å². The summed E-state index contributed by atoms with van der Waals surface area (Å²) in [5, 5.41) is 65.2. The maximum atomic E-state index is 13.8. The van der Waals surface area contributed by atoms with Gasteiger partial charge in [0.05, 0.1) is 61.5 Å². The van der Waals surface area contributed by atoms with E-state index in [2.05, 4.69) is 46.2 Å². The topological polar surface area (TPSA) is 255 Å². The Morgan fingerprint density at radius 2 is 1.15 bits per heavy atom. The van der Waals surface area contributed by atoms with Crippen molar-refractivity contribution in [3.8, 4) is 0 Å². The highest BCUT2D eigenvalue weighted by atomic mass is 32.2. The molecule has 0 bridgehead atoms. The van der Waals surface area contributed by atoms with Gasteiger partial charge in [-0.25, -0.2) is 46.9 Å². The number of nitrogens with zero attached hydrogens (tertiary/aromatic N) is 10. The summed E-state index contributed by atoms with van der Waals surface area (Å²) in [5.74, 6) is -2.50. The Bertz CT molecular complexity index is 3360. The Morgan fingerprint density at radius 1 is 0.667 bits per heavy atom. The van der Waals surface area contributed by atoms with Gasteiger partial charge in [-0.1, -0.05) is 59.9 Å². The molecule has 0 radical (unpaired) electrons. The van der Waals surface area contributed by atoms with Gasteiger partial charge in [0.15, 0.2) is 73.3 Å². The molecule has 2 aromatic carbocycles.